The number of hydrogen-bond acceptors (Lipinski definition) is 3. The van der Waals surface area contributed by atoms with Gasteiger partial charge in [-0.2, -0.15) is 5.10 Å². The summed E-state index contributed by atoms with van der Waals surface area (Å²) in [5.41, 5.74) is 7.84. The minimum absolute atomic E-state index is 0.105. The normalized spacial score (nSPS) is 20.0. The Balaban J connectivity index is 1.89. The number of nitrogens with one attached hydrogen (secondary N) is 2. The Morgan fingerprint density at radius 3 is 2.55 bits per heavy atom. The molecule has 5 heteroatoms. The van der Waals surface area contributed by atoms with Gasteiger partial charge < -0.3 is 11.1 Å². The highest BCUT2D eigenvalue weighted by atomic mass is 16.2. The number of amides is 1. The van der Waals surface area contributed by atoms with E-state index in [4.69, 9.17) is 5.73 Å². The van der Waals surface area contributed by atoms with Crippen LogP contribution in [-0.4, -0.2) is 22.1 Å². The summed E-state index contributed by atoms with van der Waals surface area (Å²) in [6, 6.07) is 5.56. The van der Waals surface area contributed by atoms with Crippen molar-refractivity contribution >= 4 is 22.5 Å². The highest BCUT2D eigenvalue weighted by molar-refractivity contribution is 6.05. The standard InChI is InChI=1S/C15H20N4O/c1-14(2)13(15(14,3)4)17-12(20)11-9-7-8(16)5-6-10(9)18-19-11/h5-7,13H,16H2,1-4H3,(H,17,20)(H,18,19). The van der Waals surface area contributed by atoms with Gasteiger partial charge in [0.25, 0.3) is 5.91 Å². The number of hydrogen-bond donors (Lipinski definition) is 3. The Hall–Kier alpha value is -2.04. The highest BCUT2D eigenvalue weighted by Gasteiger charge is 2.65. The maximum atomic E-state index is 12.4. The van der Waals surface area contributed by atoms with E-state index in [-0.39, 0.29) is 22.8 Å². The summed E-state index contributed by atoms with van der Waals surface area (Å²) in [5, 5.41) is 10.8. The third-order valence-electron chi connectivity index (χ3n) is 5.10. The summed E-state index contributed by atoms with van der Waals surface area (Å²) in [5.74, 6) is -0.148. The molecule has 0 radical (unpaired) electrons. The molecule has 1 saturated carbocycles. The van der Waals surface area contributed by atoms with Gasteiger partial charge in [0.2, 0.25) is 0 Å². The van der Waals surface area contributed by atoms with Gasteiger partial charge in [0.1, 0.15) is 0 Å². The molecule has 0 bridgehead atoms. The van der Waals surface area contributed by atoms with Crippen molar-refractivity contribution in [3.63, 3.8) is 0 Å². The Morgan fingerprint density at radius 1 is 1.30 bits per heavy atom. The van der Waals surface area contributed by atoms with Gasteiger partial charge >= 0.3 is 0 Å². The molecule has 1 aromatic heterocycles. The second-order valence-electron chi connectivity index (χ2n) is 6.73. The molecule has 1 amide bonds. The van der Waals surface area contributed by atoms with Gasteiger partial charge in [0, 0.05) is 17.1 Å². The molecule has 106 valence electrons. The molecule has 1 aromatic carbocycles. The number of benzene rings is 1. The van der Waals surface area contributed by atoms with E-state index in [0.29, 0.717) is 11.4 Å². The number of rotatable bonds is 2. The molecule has 20 heavy (non-hydrogen) atoms. The van der Waals surface area contributed by atoms with Gasteiger partial charge in [-0.25, -0.2) is 0 Å². The Labute approximate surface area is 117 Å². The summed E-state index contributed by atoms with van der Waals surface area (Å²) in [6.07, 6.45) is 0. The number of nitrogens with zero attached hydrogens (tertiary/aromatic N) is 1. The molecule has 0 saturated heterocycles. The lowest BCUT2D eigenvalue weighted by Gasteiger charge is -2.05. The van der Waals surface area contributed by atoms with E-state index in [9.17, 15) is 4.79 Å². The Morgan fingerprint density at radius 2 is 1.95 bits per heavy atom. The molecule has 2 aromatic rings. The molecular weight excluding hydrogens is 252 g/mol. The van der Waals surface area contributed by atoms with Gasteiger partial charge in [0.15, 0.2) is 5.69 Å². The van der Waals surface area contributed by atoms with E-state index in [0.717, 1.165) is 10.9 Å². The van der Waals surface area contributed by atoms with Crippen LogP contribution in [0.2, 0.25) is 0 Å². The van der Waals surface area contributed by atoms with Crippen LogP contribution in [0.1, 0.15) is 38.2 Å². The Kier molecular flexibility index (Phi) is 2.43. The van der Waals surface area contributed by atoms with Gasteiger partial charge in [-0.05, 0) is 29.0 Å². The second kappa shape index (κ2) is 3.75. The minimum Gasteiger partial charge on any atom is -0.399 e. The predicted octanol–water partition coefficient (Wildman–Crippen LogP) is 2.31. The molecule has 4 N–H and O–H groups in total. The average molecular weight is 272 g/mol. The topological polar surface area (TPSA) is 83.8 Å². The zero-order valence-corrected chi connectivity index (χ0v) is 12.2. The first-order valence-corrected chi connectivity index (χ1v) is 6.79. The van der Waals surface area contributed by atoms with Crippen molar-refractivity contribution in [1.29, 1.82) is 0 Å². The smallest absolute Gasteiger partial charge is 0.272 e. The molecule has 5 nitrogen and oxygen atoms in total. The van der Waals surface area contributed by atoms with Crippen LogP contribution < -0.4 is 11.1 Å². The van der Waals surface area contributed by atoms with Crippen molar-refractivity contribution in [3.8, 4) is 0 Å². The summed E-state index contributed by atoms with van der Waals surface area (Å²) >= 11 is 0. The lowest BCUT2D eigenvalue weighted by atomic mass is 10.0. The van der Waals surface area contributed by atoms with Crippen molar-refractivity contribution in [2.45, 2.75) is 33.7 Å². The zero-order chi connectivity index (χ0) is 14.7. The first-order chi connectivity index (χ1) is 9.25. The molecule has 0 atom stereocenters. The first kappa shape index (κ1) is 13.0. The van der Waals surface area contributed by atoms with E-state index in [1.165, 1.54) is 0 Å². The van der Waals surface area contributed by atoms with Crippen LogP contribution in [0.5, 0.6) is 0 Å². The highest BCUT2D eigenvalue weighted by Crippen LogP contribution is 2.62. The lowest BCUT2D eigenvalue weighted by molar-refractivity contribution is 0.0940. The number of fused-ring (bicyclic) bond motifs is 1. The molecule has 0 aliphatic heterocycles. The molecule has 0 spiro atoms. The fraction of sp³-hybridized carbons (Fsp3) is 0.467. The molecule has 0 unspecified atom stereocenters. The van der Waals surface area contributed by atoms with Crippen molar-refractivity contribution in [2.75, 3.05) is 5.73 Å². The number of anilines is 1. The molecule has 3 rings (SSSR count). The fourth-order valence-electron chi connectivity index (χ4n) is 2.96. The SMILES string of the molecule is CC1(C)C(NC(=O)c2n[nH]c3ccc(N)cc23)C1(C)C. The molecule has 1 fully saturated rings. The second-order valence-corrected chi connectivity index (χ2v) is 6.73. The van der Waals surface area contributed by atoms with E-state index >= 15 is 0 Å². The summed E-state index contributed by atoms with van der Waals surface area (Å²) in [6.45, 7) is 8.66. The number of aromatic nitrogens is 2. The predicted molar refractivity (Wildman–Crippen MR) is 79.3 cm³/mol. The summed E-state index contributed by atoms with van der Waals surface area (Å²) in [7, 11) is 0. The van der Waals surface area contributed by atoms with Crippen molar-refractivity contribution < 1.29 is 4.79 Å². The third kappa shape index (κ3) is 1.62. The van der Waals surface area contributed by atoms with E-state index < -0.39 is 0 Å². The number of nitrogens with two attached hydrogens (primary N) is 1. The van der Waals surface area contributed by atoms with Crippen molar-refractivity contribution in [3.05, 3.63) is 23.9 Å². The minimum atomic E-state index is -0.148. The maximum Gasteiger partial charge on any atom is 0.272 e. The van der Waals surface area contributed by atoms with Gasteiger partial charge in [-0.15, -0.1) is 0 Å². The van der Waals surface area contributed by atoms with Gasteiger partial charge in [-0.3, -0.25) is 9.89 Å². The van der Waals surface area contributed by atoms with Crippen LogP contribution in [0.3, 0.4) is 0 Å². The first-order valence-electron chi connectivity index (χ1n) is 6.79. The van der Waals surface area contributed by atoms with E-state index in [1.54, 1.807) is 12.1 Å². The van der Waals surface area contributed by atoms with Gasteiger partial charge in [0.05, 0.1) is 5.52 Å². The van der Waals surface area contributed by atoms with Gasteiger partial charge in [-0.1, -0.05) is 27.7 Å². The number of nitrogen functional groups attached to an aromatic ring is 1. The van der Waals surface area contributed by atoms with Crippen LogP contribution in [0.25, 0.3) is 10.9 Å². The van der Waals surface area contributed by atoms with Crippen molar-refractivity contribution in [1.82, 2.24) is 15.5 Å². The monoisotopic (exact) mass is 272 g/mol. The largest absolute Gasteiger partial charge is 0.399 e. The van der Waals surface area contributed by atoms with Crippen molar-refractivity contribution in [2.24, 2.45) is 10.8 Å². The Bertz CT molecular complexity index is 685. The fourth-order valence-corrected chi connectivity index (χ4v) is 2.96. The number of H-pyrrole nitrogens is 1. The molecular formula is C15H20N4O. The van der Waals surface area contributed by atoms with Crippen LogP contribution in [-0.2, 0) is 0 Å². The van der Waals surface area contributed by atoms with Crippen LogP contribution >= 0.6 is 0 Å². The lowest BCUT2D eigenvalue weighted by Crippen LogP contribution is -2.30. The number of aromatic amines is 1. The number of carbonyl (C=O) groups is 1. The van der Waals surface area contributed by atoms with E-state index in [1.807, 2.05) is 6.07 Å². The quantitative estimate of drug-likeness (QED) is 0.733. The molecule has 1 aliphatic rings. The van der Waals surface area contributed by atoms with Crippen LogP contribution in [0, 0.1) is 10.8 Å². The van der Waals surface area contributed by atoms with Crippen LogP contribution in [0.15, 0.2) is 18.2 Å². The van der Waals surface area contributed by atoms with Crippen LogP contribution in [0.4, 0.5) is 5.69 Å². The average Bonchev–Trinajstić information content (AvgIpc) is 2.69. The summed E-state index contributed by atoms with van der Waals surface area (Å²) in [4.78, 5) is 12.4. The summed E-state index contributed by atoms with van der Waals surface area (Å²) < 4.78 is 0. The third-order valence-corrected chi connectivity index (χ3v) is 5.10. The molecule has 1 heterocycles. The van der Waals surface area contributed by atoms with E-state index in [2.05, 4.69) is 43.2 Å². The zero-order valence-electron chi connectivity index (χ0n) is 12.2. The number of carbonyl (C=O) groups excluding carboxylic acids is 1. The molecule has 1 aliphatic carbocycles. The maximum absolute atomic E-state index is 12.4.